The van der Waals surface area contributed by atoms with E-state index in [0.717, 1.165) is 23.9 Å². The molecule has 1 aliphatic carbocycles. The summed E-state index contributed by atoms with van der Waals surface area (Å²) < 4.78 is 11.4. The fraction of sp³-hybridized carbons (Fsp3) is 0.500. The van der Waals surface area contributed by atoms with E-state index in [1.54, 1.807) is 0 Å². The van der Waals surface area contributed by atoms with Gasteiger partial charge >= 0.3 is 0 Å². The minimum Gasteiger partial charge on any atom is -0.370 e. The van der Waals surface area contributed by atoms with Crippen molar-refractivity contribution in [2.45, 2.75) is 38.7 Å². The maximum Gasteiger partial charge on any atom is 0.277 e. The van der Waals surface area contributed by atoms with Gasteiger partial charge in [-0.2, -0.15) is 4.98 Å². The first-order valence-corrected chi connectivity index (χ1v) is 8.10. The maximum absolute atomic E-state index is 5.91. The first-order chi connectivity index (χ1) is 11.4. The Balaban J connectivity index is 1.68. The highest BCUT2D eigenvalue weighted by Gasteiger charge is 2.31. The number of H-pyrrole nitrogens is 1. The fourth-order valence-electron chi connectivity index (χ4n) is 3.35. The van der Waals surface area contributed by atoms with Gasteiger partial charge < -0.3 is 14.2 Å². The molecule has 120 valence electrons. The third-order valence-electron chi connectivity index (χ3n) is 4.43. The van der Waals surface area contributed by atoms with E-state index >= 15 is 0 Å². The van der Waals surface area contributed by atoms with Gasteiger partial charge in [-0.3, -0.25) is 0 Å². The van der Waals surface area contributed by atoms with Crippen molar-refractivity contribution in [3.63, 3.8) is 0 Å². The summed E-state index contributed by atoms with van der Waals surface area (Å²) in [5.41, 5.74) is 1.41. The van der Waals surface area contributed by atoms with Gasteiger partial charge in [0, 0.05) is 12.8 Å². The van der Waals surface area contributed by atoms with Crippen LogP contribution in [0.1, 0.15) is 44.5 Å². The molecular formula is C16H19N5O2. The minimum atomic E-state index is -0.0939. The van der Waals surface area contributed by atoms with Crippen molar-refractivity contribution in [2.75, 3.05) is 6.61 Å². The van der Waals surface area contributed by atoms with Crippen molar-refractivity contribution in [3.8, 4) is 11.6 Å². The van der Waals surface area contributed by atoms with Crippen molar-refractivity contribution < 1.29 is 9.26 Å². The van der Waals surface area contributed by atoms with Gasteiger partial charge in [0.25, 0.3) is 5.89 Å². The van der Waals surface area contributed by atoms with Crippen LogP contribution in [0.3, 0.4) is 0 Å². The Morgan fingerprint density at radius 3 is 3.04 bits per heavy atom. The van der Waals surface area contributed by atoms with Crippen LogP contribution in [0.2, 0.25) is 0 Å². The van der Waals surface area contributed by atoms with E-state index < -0.39 is 0 Å². The molecule has 4 rings (SSSR count). The highest BCUT2D eigenvalue weighted by atomic mass is 16.5. The zero-order valence-electron chi connectivity index (χ0n) is 13.0. The molecule has 7 heteroatoms. The molecule has 0 bridgehead atoms. The van der Waals surface area contributed by atoms with Gasteiger partial charge in [0.1, 0.15) is 23.8 Å². The smallest absolute Gasteiger partial charge is 0.277 e. The van der Waals surface area contributed by atoms with Crippen molar-refractivity contribution in [1.29, 1.82) is 0 Å². The Labute approximate surface area is 133 Å². The highest BCUT2D eigenvalue weighted by Crippen LogP contribution is 2.37. The van der Waals surface area contributed by atoms with Crippen LogP contribution in [0, 0.1) is 5.92 Å². The summed E-state index contributed by atoms with van der Waals surface area (Å²) in [5, 5.41) is 5.04. The van der Waals surface area contributed by atoms with Gasteiger partial charge in [-0.05, 0) is 31.7 Å². The summed E-state index contributed by atoms with van der Waals surface area (Å²) >= 11 is 0. The SMILES string of the molecule is CCOC(c1noc(-c2ncnc3[nH]ccc23)n1)C1CCCC1. The van der Waals surface area contributed by atoms with Crippen LogP contribution in [0.25, 0.3) is 22.6 Å². The Morgan fingerprint density at radius 1 is 1.35 bits per heavy atom. The number of ether oxygens (including phenoxy) is 1. The Kier molecular flexibility index (Phi) is 3.78. The van der Waals surface area contributed by atoms with Crippen molar-refractivity contribution in [2.24, 2.45) is 5.92 Å². The first kappa shape index (κ1) is 14.3. The largest absolute Gasteiger partial charge is 0.370 e. The molecule has 3 heterocycles. The van der Waals surface area contributed by atoms with Crippen LogP contribution in [-0.2, 0) is 4.74 Å². The number of nitrogens with zero attached hydrogens (tertiary/aromatic N) is 4. The number of rotatable bonds is 5. The zero-order valence-corrected chi connectivity index (χ0v) is 13.0. The Bertz CT molecular complexity index is 790. The van der Waals surface area contributed by atoms with Crippen LogP contribution < -0.4 is 0 Å². The molecule has 0 amide bonds. The second-order valence-corrected chi connectivity index (χ2v) is 5.84. The predicted molar refractivity (Wildman–Crippen MR) is 83.5 cm³/mol. The highest BCUT2D eigenvalue weighted by molar-refractivity contribution is 5.87. The van der Waals surface area contributed by atoms with Gasteiger partial charge in [-0.1, -0.05) is 18.0 Å². The quantitative estimate of drug-likeness (QED) is 0.777. The predicted octanol–water partition coefficient (Wildman–Crippen LogP) is 3.28. The standard InChI is InChI=1S/C16H19N5O2/c1-2-22-13(10-5-3-4-6-10)15-20-16(23-21-15)12-11-7-8-17-14(11)19-9-18-12/h7-10,13H,2-6H2,1H3,(H,17,18,19). The average molecular weight is 313 g/mol. The summed E-state index contributed by atoms with van der Waals surface area (Å²) in [7, 11) is 0. The molecule has 1 N–H and O–H groups in total. The third kappa shape index (κ3) is 2.61. The van der Waals surface area contributed by atoms with E-state index in [-0.39, 0.29) is 6.10 Å². The number of fused-ring (bicyclic) bond motifs is 1. The average Bonchev–Trinajstić information content (AvgIpc) is 3.32. The molecule has 0 saturated heterocycles. The molecule has 3 aromatic rings. The van der Waals surface area contributed by atoms with Crippen LogP contribution in [0.15, 0.2) is 23.1 Å². The van der Waals surface area contributed by atoms with E-state index in [0.29, 0.717) is 29.9 Å². The molecule has 0 aliphatic heterocycles. The van der Waals surface area contributed by atoms with Gasteiger partial charge in [-0.15, -0.1) is 0 Å². The monoisotopic (exact) mass is 313 g/mol. The van der Waals surface area contributed by atoms with Gasteiger partial charge in [0.2, 0.25) is 5.82 Å². The second kappa shape index (κ2) is 6.08. The molecule has 1 saturated carbocycles. The summed E-state index contributed by atoms with van der Waals surface area (Å²) in [5.74, 6) is 1.50. The van der Waals surface area contributed by atoms with Crippen LogP contribution in [-0.4, -0.2) is 31.7 Å². The number of nitrogens with one attached hydrogen (secondary N) is 1. The first-order valence-electron chi connectivity index (χ1n) is 8.10. The second-order valence-electron chi connectivity index (χ2n) is 5.84. The molecule has 3 aromatic heterocycles. The van der Waals surface area contributed by atoms with Crippen LogP contribution in [0.5, 0.6) is 0 Å². The third-order valence-corrected chi connectivity index (χ3v) is 4.43. The lowest BCUT2D eigenvalue weighted by Crippen LogP contribution is -2.15. The van der Waals surface area contributed by atoms with E-state index in [2.05, 4.69) is 25.1 Å². The number of aromatic amines is 1. The molecule has 1 atom stereocenters. The molecule has 0 spiro atoms. The van der Waals surface area contributed by atoms with Gasteiger partial charge in [0.15, 0.2) is 0 Å². The fourth-order valence-corrected chi connectivity index (χ4v) is 3.35. The molecule has 7 nitrogen and oxygen atoms in total. The molecular weight excluding hydrogens is 294 g/mol. The molecule has 0 aromatic carbocycles. The molecule has 0 radical (unpaired) electrons. The van der Waals surface area contributed by atoms with E-state index in [9.17, 15) is 0 Å². The topological polar surface area (TPSA) is 89.7 Å². The van der Waals surface area contributed by atoms with Gasteiger partial charge in [0.05, 0.1) is 5.39 Å². The number of hydrogen-bond acceptors (Lipinski definition) is 6. The molecule has 23 heavy (non-hydrogen) atoms. The number of aromatic nitrogens is 5. The van der Waals surface area contributed by atoms with E-state index in [1.165, 1.54) is 19.2 Å². The van der Waals surface area contributed by atoms with Gasteiger partial charge in [-0.25, -0.2) is 9.97 Å². The van der Waals surface area contributed by atoms with Crippen molar-refractivity contribution >= 4 is 11.0 Å². The van der Waals surface area contributed by atoms with E-state index in [1.807, 2.05) is 19.2 Å². The van der Waals surface area contributed by atoms with E-state index in [4.69, 9.17) is 9.26 Å². The summed E-state index contributed by atoms with van der Waals surface area (Å²) in [6, 6.07) is 1.91. The Morgan fingerprint density at radius 2 is 2.22 bits per heavy atom. The molecule has 1 unspecified atom stereocenters. The normalized spacial score (nSPS) is 17.1. The lowest BCUT2D eigenvalue weighted by atomic mass is 10.0. The van der Waals surface area contributed by atoms with Crippen LogP contribution in [0.4, 0.5) is 0 Å². The minimum absolute atomic E-state index is 0.0939. The maximum atomic E-state index is 5.91. The summed E-state index contributed by atoms with van der Waals surface area (Å²) in [6.45, 7) is 2.64. The summed E-state index contributed by atoms with van der Waals surface area (Å²) in [6.07, 6.45) is 8.03. The Hall–Kier alpha value is -2.28. The molecule has 1 aliphatic rings. The lowest BCUT2D eigenvalue weighted by Gasteiger charge is -2.19. The van der Waals surface area contributed by atoms with Crippen LogP contribution >= 0.6 is 0 Å². The zero-order chi connectivity index (χ0) is 15.6. The van der Waals surface area contributed by atoms with Crippen molar-refractivity contribution in [1.82, 2.24) is 25.1 Å². The molecule has 1 fully saturated rings. The summed E-state index contributed by atoms with van der Waals surface area (Å²) in [4.78, 5) is 16.1. The lowest BCUT2D eigenvalue weighted by molar-refractivity contribution is 0.0127. The number of hydrogen-bond donors (Lipinski definition) is 1. The van der Waals surface area contributed by atoms with Crippen molar-refractivity contribution in [3.05, 3.63) is 24.4 Å².